The summed E-state index contributed by atoms with van der Waals surface area (Å²) >= 11 is 0. The fourth-order valence-corrected chi connectivity index (χ4v) is 1.97. The molecule has 0 bridgehead atoms. The lowest BCUT2D eigenvalue weighted by Gasteiger charge is -2.33. The third-order valence-corrected chi connectivity index (χ3v) is 2.86. The number of ether oxygens (including phenoxy) is 1. The standard InChI is InChI=1S/C12H16FN3O2/c1-14-6-9-8-16(4-5-18-9)12(17)10-2-3-15-7-11(10)13/h2-3,7,9,14H,4-6,8H2,1H3. The van der Waals surface area contributed by atoms with Crippen LogP contribution in [0.15, 0.2) is 18.5 Å². The number of nitrogens with one attached hydrogen (secondary N) is 1. The minimum absolute atomic E-state index is 0.0439. The molecule has 1 fully saturated rings. The Balaban J connectivity index is 2.07. The van der Waals surface area contributed by atoms with Gasteiger partial charge in [0.2, 0.25) is 0 Å². The highest BCUT2D eigenvalue weighted by molar-refractivity contribution is 5.94. The van der Waals surface area contributed by atoms with Crippen molar-refractivity contribution in [3.8, 4) is 0 Å². The van der Waals surface area contributed by atoms with Crippen LogP contribution in [-0.2, 0) is 4.74 Å². The predicted octanol–water partition coefficient (Wildman–Crippen LogP) is 0.281. The molecule has 0 aliphatic carbocycles. The zero-order valence-corrected chi connectivity index (χ0v) is 10.2. The molecule has 0 aromatic carbocycles. The van der Waals surface area contributed by atoms with Crippen molar-refractivity contribution in [3.05, 3.63) is 29.8 Å². The van der Waals surface area contributed by atoms with E-state index < -0.39 is 5.82 Å². The second-order valence-electron chi connectivity index (χ2n) is 4.16. The van der Waals surface area contributed by atoms with E-state index in [1.54, 1.807) is 4.90 Å². The van der Waals surface area contributed by atoms with Gasteiger partial charge in [0.1, 0.15) is 0 Å². The molecule has 6 heteroatoms. The van der Waals surface area contributed by atoms with Crippen LogP contribution in [0, 0.1) is 5.82 Å². The number of halogens is 1. The average Bonchev–Trinajstić information content (AvgIpc) is 2.39. The van der Waals surface area contributed by atoms with Crippen LogP contribution in [0.25, 0.3) is 0 Å². The van der Waals surface area contributed by atoms with Gasteiger partial charge in [0.15, 0.2) is 5.82 Å². The number of carbonyl (C=O) groups is 1. The Morgan fingerprint density at radius 2 is 2.56 bits per heavy atom. The van der Waals surface area contributed by atoms with E-state index in [-0.39, 0.29) is 17.6 Å². The Morgan fingerprint density at radius 1 is 1.72 bits per heavy atom. The number of rotatable bonds is 3. The summed E-state index contributed by atoms with van der Waals surface area (Å²) in [6, 6.07) is 1.40. The first-order valence-corrected chi connectivity index (χ1v) is 5.87. The Labute approximate surface area is 105 Å². The smallest absolute Gasteiger partial charge is 0.257 e. The highest BCUT2D eigenvalue weighted by Gasteiger charge is 2.26. The Bertz CT molecular complexity index is 426. The average molecular weight is 253 g/mol. The lowest BCUT2D eigenvalue weighted by atomic mass is 10.2. The molecule has 1 N–H and O–H groups in total. The first kappa shape index (κ1) is 12.9. The molecule has 18 heavy (non-hydrogen) atoms. The normalized spacial score (nSPS) is 19.9. The van der Waals surface area contributed by atoms with Crippen LogP contribution in [0.2, 0.25) is 0 Å². The SMILES string of the molecule is CNCC1CN(C(=O)c2ccncc2F)CCO1. The molecule has 0 saturated carbocycles. The maximum absolute atomic E-state index is 13.5. The largest absolute Gasteiger partial charge is 0.373 e. The van der Waals surface area contributed by atoms with Gasteiger partial charge in [-0.05, 0) is 13.1 Å². The Kier molecular flexibility index (Phi) is 4.22. The van der Waals surface area contributed by atoms with Gasteiger partial charge in [-0.2, -0.15) is 0 Å². The lowest BCUT2D eigenvalue weighted by Crippen LogP contribution is -2.48. The number of morpholine rings is 1. The van der Waals surface area contributed by atoms with Gasteiger partial charge in [-0.1, -0.05) is 0 Å². The molecular formula is C12H16FN3O2. The molecule has 1 aliphatic rings. The van der Waals surface area contributed by atoms with Crippen molar-refractivity contribution in [1.82, 2.24) is 15.2 Å². The van der Waals surface area contributed by atoms with Crippen molar-refractivity contribution in [3.63, 3.8) is 0 Å². The van der Waals surface area contributed by atoms with Gasteiger partial charge >= 0.3 is 0 Å². The van der Waals surface area contributed by atoms with E-state index in [0.29, 0.717) is 26.2 Å². The number of hydrogen-bond donors (Lipinski definition) is 1. The number of amides is 1. The maximum atomic E-state index is 13.5. The number of nitrogens with zero attached hydrogens (tertiary/aromatic N) is 2. The van der Waals surface area contributed by atoms with Crippen molar-refractivity contribution in [2.24, 2.45) is 0 Å². The zero-order chi connectivity index (χ0) is 13.0. The molecule has 98 valence electrons. The van der Waals surface area contributed by atoms with Gasteiger partial charge in [0.05, 0.1) is 24.5 Å². The summed E-state index contributed by atoms with van der Waals surface area (Å²) in [5, 5.41) is 3.00. The van der Waals surface area contributed by atoms with Crippen molar-refractivity contribution in [2.45, 2.75) is 6.10 Å². The summed E-state index contributed by atoms with van der Waals surface area (Å²) in [7, 11) is 1.83. The van der Waals surface area contributed by atoms with Crippen molar-refractivity contribution in [1.29, 1.82) is 0 Å². The minimum atomic E-state index is -0.584. The monoisotopic (exact) mass is 253 g/mol. The Morgan fingerprint density at radius 3 is 3.28 bits per heavy atom. The fraction of sp³-hybridized carbons (Fsp3) is 0.500. The molecule has 2 rings (SSSR count). The van der Waals surface area contributed by atoms with E-state index in [9.17, 15) is 9.18 Å². The zero-order valence-electron chi connectivity index (χ0n) is 10.2. The van der Waals surface area contributed by atoms with Gasteiger partial charge < -0.3 is 15.0 Å². The number of hydrogen-bond acceptors (Lipinski definition) is 4. The van der Waals surface area contributed by atoms with Gasteiger partial charge in [-0.15, -0.1) is 0 Å². The molecular weight excluding hydrogens is 237 g/mol. The first-order chi connectivity index (χ1) is 8.72. The predicted molar refractivity (Wildman–Crippen MR) is 63.8 cm³/mol. The second kappa shape index (κ2) is 5.88. The van der Waals surface area contributed by atoms with Gasteiger partial charge in [-0.3, -0.25) is 9.78 Å². The van der Waals surface area contributed by atoms with Crippen LogP contribution < -0.4 is 5.32 Å². The van der Waals surface area contributed by atoms with Crippen molar-refractivity contribution >= 4 is 5.91 Å². The molecule has 2 heterocycles. The third-order valence-electron chi connectivity index (χ3n) is 2.86. The number of pyridine rings is 1. The summed E-state index contributed by atoms with van der Waals surface area (Å²) in [6.07, 6.45) is 2.43. The van der Waals surface area contributed by atoms with E-state index in [2.05, 4.69) is 10.3 Å². The molecule has 0 radical (unpaired) electrons. The number of likely N-dealkylation sites (N-methyl/N-ethyl adjacent to an activating group) is 1. The van der Waals surface area contributed by atoms with Gasteiger partial charge in [0.25, 0.3) is 5.91 Å². The highest BCUT2D eigenvalue weighted by Crippen LogP contribution is 2.12. The number of aromatic nitrogens is 1. The van der Waals surface area contributed by atoms with E-state index in [4.69, 9.17) is 4.74 Å². The molecule has 1 saturated heterocycles. The molecule has 1 aromatic heterocycles. The van der Waals surface area contributed by atoms with Crippen LogP contribution in [0.5, 0.6) is 0 Å². The fourth-order valence-electron chi connectivity index (χ4n) is 1.97. The molecule has 1 atom stereocenters. The highest BCUT2D eigenvalue weighted by atomic mass is 19.1. The summed E-state index contributed by atoms with van der Waals surface area (Å²) in [5.41, 5.74) is 0.0649. The van der Waals surface area contributed by atoms with E-state index in [0.717, 1.165) is 6.20 Å². The van der Waals surface area contributed by atoms with Crippen molar-refractivity contribution < 1.29 is 13.9 Å². The van der Waals surface area contributed by atoms with E-state index in [1.165, 1.54) is 12.3 Å². The van der Waals surface area contributed by atoms with Crippen LogP contribution in [0.1, 0.15) is 10.4 Å². The van der Waals surface area contributed by atoms with Crippen LogP contribution in [0.3, 0.4) is 0 Å². The summed E-state index contributed by atoms with van der Waals surface area (Å²) in [4.78, 5) is 17.4. The van der Waals surface area contributed by atoms with Crippen LogP contribution in [0.4, 0.5) is 4.39 Å². The molecule has 1 aliphatic heterocycles. The lowest BCUT2D eigenvalue weighted by molar-refractivity contribution is -0.0197. The molecule has 1 aromatic rings. The van der Waals surface area contributed by atoms with E-state index in [1.807, 2.05) is 7.05 Å². The van der Waals surface area contributed by atoms with Gasteiger partial charge in [0, 0.05) is 25.8 Å². The Hall–Kier alpha value is -1.53. The second-order valence-corrected chi connectivity index (χ2v) is 4.16. The molecule has 1 unspecified atom stereocenters. The molecule has 0 spiro atoms. The van der Waals surface area contributed by atoms with Gasteiger partial charge in [-0.25, -0.2) is 4.39 Å². The molecule has 1 amide bonds. The quantitative estimate of drug-likeness (QED) is 0.840. The van der Waals surface area contributed by atoms with Crippen LogP contribution >= 0.6 is 0 Å². The van der Waals surface area contributed by atoms with Crippen molar-refractivity contribution in [2.75, 3.05) is 33.3 Å². The topological polar surface area (TPSA) is 54.5 Å². The summed E-state index contributed by atoms with van der Waals surface area (Å²) in [6.45, 7) is 2.11. The number of carbonyl (C=O) groups excluding carboxylic acids is 1. The maximum Gasteiger partial charge on any atom is 0.257 e. The minimum Gasteiger partial charge on any atom is -0.373 e. The third kappa shape index (κ3) is 2.83. The van der Waals surface area contributed by atoms with Crippen LogP contribution in [-0.4, -0.2) is 55.2 Å². The van der Waals surface area contributed by atoms with E-state index >= 15 is 0 Å². The summed E-state index contributed by atoms with van der Waals surface area (Å²) < 4.78 is 19.0. The molecule has 5 nitrogen and oxygen atoms in total. The first-order valence-electron chi connectivity index (χ1n) is 5.87. The summed E-state index contributed by atoms with van der Waals surface area (Å²) in [5.74, 6) is -0.890.